The third-order valence-corrected chi connectivity index (χ3v) is 9.14. The summed E-state index contributed by atoms with van der Waals surface area (Å²) >= 11 is 6.66. The van der Waals surface area contributed by atoms with Crippen LogP contribution >= 0.6 is 24.0 Å². The number of hydrogen-bond donors (Lipinski definition) is 1. The number of carbonyl (C=O) groups is 1. The van der Waals surface area contributed by atoms with Crippen molar-refractivity contribution in [3.63, 3.8) is 0 Å². The Hall–Kier alpha value is -4.05. The Morgan fingerprint density at radius 1 is 0.909 bits per heavy atom. The molecule has 2 aromatic carbocycles. The number of nitriles is 2. The van der Waals surface area contributed by atoms with Gasteiger partial charge in [0.15, 0.2) is 5.16 Å². The van der Waals surface area contributed by atoms with E-state index in [9.17, 15) is 14.9 Å². The zero-order valence-corrected chi connectivity index (χ0v) is 27.9. The van der Waals surface area contributed by atoms with Crippen LogP contribution in [0.15, 0.2) is 64.1 Å². The minimum Gasteiger partial charge on any atom is -0.315 e. The molecule has 2 aliphatic rings. The number of carbonyl (C=O) groups excluding carboxylic acids is 1. The quantitative estimate of drug-likeness (QED) is 0.243. The summed E-state index contributed by atoms with van der Waals surface area (Å²) < 4.78 is 1.64. The predicted octanol–water partition coefficient (Wildman–Crippen LogP) is 6.93. The maximum Gasteiger partial charge on any atom is 0.272 e. The number of nitrogens with one attached hydrogen (secondary N) is 1. The lowest BCUT2D eigenvalue weighted by Crippen LogP contribution is -2.34. The van der Waals surface area contributed by atoms with Gasteiger partial charge in [-0.25, -0.2) is 4.98 Å². The largest absolute Gasteiger partial charge is 0.315 e. The second-order valence-electron chi connectivity index (χ2n) is 13.2. The molecule has 0 fully saturated rings. The van der Waals surface area contributed by atoms with Gasteiger partial charge in [-0.2, -0.15) is 10.5 Å². The van der Waals surface area contributed by atoms with Crippen molar-refractivity contribution in [3.05, 3.63) is 86.7 Å². The smallest absolute Gasteiger partial charge is 0.272 e. The van der Waals surface area contributed by atoms with Gasteiger partial charge in [-0.3, -0.25) is 14.2 Å². The lowest BCUT2D eigenvalue weighted by Gasteiger charge is -2.23. The minimum absolute atomic E-state index is 0.0609. The maximum absolute atomic E-state index is 12.7. The average Bonchev–Trinajstić information content (AvgIpc) is 2.96. The lowest BCUT2D eigenvalue weighted by atomic mass is 9.85. The first kappa shape index (κ1) is 32.9. The van der Waals surface area contributed by atoms with Crippen LogP contribution in [0.1, 0.15) is 77.1 Å². The molecule has 9 heteroatoms. The molecule has 44 heavy (non-hydrogen) atoms. The molecule has 3 aromatic rings. The highest BCUT2D eigenvalue weighted by atomic mass is 32.2. The van der Waals surface area contributed by atoms with Crippen molar-refractivity contribution < 1.29 is 4.79 Å². The standard InChI is InChI=1S/C19H21N3OS.C16H16N2OS/c1-12-10-22-17(23)15(9-20)16(21-18(22)24-11-12)13-5-7-14(8-6-13)19(2,3)4;1-16(2,3)11-6-4-10(5-7-11)12-8-14(20)18-15(19)13(12)9-17/h5-8,12H,10-11H2,1-4H3;4-7H,8H2,1-3H3,(H,18,19,20). The van der Waals surface area contributed by atoms with Crippen LogP contribution in [0, 0.1) is 28.6 Å². The predicted molar refractivity (Wildman–Crippen MR) is 180 cm³/mol. The summed E-state index contributed by atoms with van der Waals surface area (Å²) in [6.45, 7) is 15.6. The SMILES string of the molecule is CC(C)(C)c1ccc(C2=C(C#N)C(=O)NC(=S)C2)cc1.CC1CSc2nc(-c3ccc(C(C)(C)C)cc3)c(C#N)c(=O)n2C1. The first-order chi connectivity index (χ1) is 20.6. The number of benzene rings is 2. The van der Waals surface area contributed by atoms with Gasteiger partial charge in [-0.15, -0.1) is 0 Å². The molecule has 0 saturated carbocycles. The molecule has 2 aliphatic heterocycles. The fraction of sp³-hybridized carbons (Fsp3) is 0.371. The Bertz CT molecular complexity index is 1780. The van der Waals surface area contributed by atoms with E-state index in [1.54, 1.807) is 16.3 Å². The molecule has 1 atom stereocenters. The molecule has 5 rings (SSSR count). The van der Waals surface area contributed by atoms with Crippen LogP contribution in [0.25, 0.3) is 16.8 Å². The summed E-state index contributed by atoms with van der Waals surface area (Å²) in [4.78, 5) is 29.6. The Morgan fingerprint density at radius 3 is 1.95 bits per heavy atom. The van der Waals surface area contributed by atoms with E-state index in [-0.39, 0.29) is 27.5 Å². The van der Waals surface area contributed by atoms with E-state index in [2.05, 4.69) is 64.8 Å². The molecular weight excluding hydrogens is 587 g/mol. The highest BCUT2D eigenvalue weighted by Gasteiger charge is 2.25. The highest BCUT2D eigenvalue weighted by Crippen LogP contribution is 2.31. The van der Waals surface area contributed by atoms with E-state index in [1.165, 1.54) is 11.1 Å². The molecule has 0 bridgehead atoms. The van der Waals surface area contributed by atoms with Crippen LogP contribution in [0.4, 0.5) is 0 Å². The summed E-state index contributed by atoms with van der Waals surface area (Å²) in [5.74, 6) is 0.949. The maximum atomic E-state index is 12.7. The third-order valence-electron chi connectivity index (χ3n) is 7.59. The fourth-order valence-electron chi connectivity index (χ4n) is 4.98. The van der Waals surface area contributed by atoms with Crippen LogP contribution in [0.3, 0.4) is 0 Å². The average molecular weight is 624 g/mol. The molecule has 0 aliphatic carbocycles. The number of thiocarbonyl (C=S) groups is 1. The van der Waals surface area contributed by atoms with Crippen molar-refractivity contribution in [2.24, 2.45) is 5.92 Å². The zero-order valence-electron chi connectivity index (χ0n) is 26.2. The van der Waals surface area contributed by atoms with E-state index in [0.717, 1.165) is 16.9 Å². The van der Waals surface area contributed by atoms with E-state index in [4.69, 9.17) is 17.5 Å². The van der Waals surface area contributed by atoms with Gasteiger partial charge in [-0.1, -0.05) is 121 Å². The summed E-state index contributed by atoms with van der Waals surface area (Å²) in [5.41, 5.74) is 5.53. The van der Waals surface area contributed by atoms with Crippen LogP contribution < -0.4 is 10.9 Å². The molecule has 0 saturated heterocycles. The van der Waals surface area contributed by atoms with Crippen molar-refractivity contribution in [1.29, 1.82) is 10.5 Å². The number of nitrogens with zero attached hydrogens (tertiary/aromatic N) is 4. The summed E-state index contributed by atoms with van der Waals surface area (Å²) in [5, 5.41) is 21.9. The molecule has 0 spiro atoms. The summed E-state index contributed by atoms with van der Waals surface area (Å²) in [6.07, 6.45) is 0.429. The molecule has 226 valence electrons. The van der Waals surface area contributed by atoms with Crippen LogP contribution in [0.2, 0.25) is 0 Å². The Balaban J connectivity index is 0.000000204. The molecular formula is C35H37N5O2S2. The second kappa shape index (κ2) is 12.9. The Labute approximate surface area is 269 Å². The first-order valence-corrected chi connectivity index (χ1v) is 15.9. The molecule has 7 nitrogen and oxygen atoms in total. The third kappa shape index (κ3) is 7.18. The summed E-state index contributed by atoms with van der Waals surface area (Å²) in [6, 6.07) is 20.0. The van der Waals surface area contributed by atoms with Crippen LogP contribution in [0.5, 0.6) is 0 Å². The molecule has 1 N–H and O–H groups in total. The molecule has 1 unspecified atom stereocenters. The van der Waals surface area contributed by atoms with Crippen molar-refractivity contribution in [1.82, 2.24) is 14.9 Å². The topological polar surface area (TPSA) is 112 Å². The van der Waals surface area contributed by atoms with Crippen LogP contribution in [-0.4, -0.2) is 26.2 Å². The van der Waals surface area contributed by atoms with Gasteiger partial charge in [0.05, 0.1) is 10.7 Å². The van der Waals surface area contributed by atoms with Gasteiger partial charge < -0.3 is 5.32 Å². The number of aromatic nitrogens is 2. The normalized spacial score (nSPS) is 16.6. The lowest BCUT2D eigenvalue weighted by molar-refractivity contribution is -0.115. The minimum atomic E-state index is -0.404. The second-order valence-corrected chi connectivity index (χ2v) is 14.7. The highest BCUT2D eigenvalue weighted by molar-refractivity contribution is 7.99. The van der Waals surface area contributed by atoms with E-state index in [0.29, 0.717) is 40.3 Å². The van der Waals surface area contributed by atoms with Crippen molar-refractivity contribution in [2.75, 3.05) is 5.75 Å². The number of thioether (sulfide) groups is 1. The van der Waals surface area contributed by atoms with Crippen LogP contribution in [-0.2, 0) is 22.2 Å². The van der Waals surface area contributed by atoms with Gasteiger partial charge in [0, 0.05) is 24.3 Å². The Kier molecular flexibility index (Phi) is 9.63. The van der Waals surface area contributed by atoms with Gasteiger partial charge in [0.25, 0.3) is 11.5 Å². The number of hydrogen-bond acceptors (Lipinski definition) is 7. The van der Waals surface area contributed by atoms with Gasteiger partial charge >= 0.3 is 0 Å². The number of fused-ring (bicyclic) bond motifs is 1. The zero-order chi connectivity index (χ0) is 32.4. The monoisotopic (exact) mass is 623 g/mol. The van der Waals surface area contributed by atoms with Gasteiger partial charge in [0.2, 0.25) is 0 Å². The van der Waals surface area contributed by atoms with Gasteiger partial charge in [0.1, 0.15) is 23.3 Å². The fourth-order valence-corrected chi connectivity index (χ4v) is 6.23. The molecule has 1 amide bonds. The Morgan fingerprint density at radius 2 is 1.45 bits per heavy atom. The van der Waals surface area contributed by atoms with E-state index >= 15 is 0 Å². The molecule has 0 radical (unpaired) electrons. The van der Waals surface area contributed by atoms with Crippen molar-refractivity contribution in [2.45, 2.75) is 77.4 Å². The van der Waals surface area contributed by atoms with E-state index in [1.807, 2.05) is 54.6 Å². The van der Waals surface area contributed by atoms with E-state index < -0.39 is 5.91 Å². The van der Waals surface area contributed by atoms with Gasteiger partial charge in [-0.05, 0) is 39.0 Å². The van der Waals surface area contributed by atoms with Crippen molar-refractivity contribution >= 4 is 40.4 Å². The summed E-state index contributed by atoms with van der Waals surface area (Å²) in [7, 11) is 0. The molecule has 1 aromatic heterocycles. The molecule has 3 heterocycles. The van der Waals surface area contributed by atoms with Crippen molar-refractivity contribution in [3.8, 4) is 23.4 Å². The number of rotatable bonds is 2. The number of amides is 1. The first-order valence-electron chi connectivity index (χ1n) is 14.5.